The number of esters is 1. The molecule has 1 aliphatic carbocycles. The molecule has 1 unspecified atom stereocenters. The quantitative estimate of drug-likeness (QED) is 0.713. The first-order chi connectivity index (χ1) is 7.91. The highest BCUT2D eigenvalue weighted by Gasteiger charge is 2.30. The molecule has 2 rings (SSSR count). The Kier molecular flexibility index (Phi) is 3.30. The molecule has 1 heterocycles. The van der Waals surface area contributed by atoms with Gasteiger partial charge in [-0.2, -0.15) is 0 Å². The number of aryl methyl sites for hydroxylation is 1. The molecule has 0 saturated carbocycles. The molecule has 0 bridgehead atoms. The molecule has 1 aromatic heterocycles. The van der Waals surface area contributed by atoms with Crippen LogP contribution in [0.3, 0.4) is 0 Å². The first-order valence-corrected chi connectivity index (χ1v) is 6.93. The van der Waals surface area contributed by atoms with Crippen LogP contribution in [-0.2, 0) is 17.6 Å². The number of methoxy groups -OCH3 is 1. The lowest BCUT2D eigenvalue weighted by Gasteiger charge is -2.33. The molecule has 1 aromatic rings. The summed E-state index contributed by atoms with van der Waals surface area (Å²) >= 11 is 1.61. The zero-order valence-corrected chi connectivity index (χ0v) is 11.8. The minimum atomic E-state index is -0.197. The molecule has 2 nitrogen and oxygen atoms in total. The van der Waals surface area contributed by atoms with Crippen LogP contribution in [0.1, 0.15) is 47.3 Å². The van der Waals surface area contributed by atoms with Crippen molar-refractivity contribution in [1.29, 1.82) is 0 Å². The molecule has 0 aromatic carbocycles. The standard InChI is InChI=1S/C14H20O2S/c1-14(2,3)10-5-6-11-9(7-10)8-12(17-11)13(15)16-4/h8,10H,5-7H2,1-4H3. The largest absolute Gasteiger partial charge is 0.465 e. The smallest absolute Gasteiger partial charge is 0.348 e. The van der Waals surface area contributed by atoms with Crippen LogP contribution in [0.25, 0.3) is 0 Å². The second-order valence-corrected chi connectivity index (χ2v) is 6.99. The van der Waals surface area contributed by atoms with E-state index in [0.29, 0.717) is 5.41 Å². The van der Waals surface area contributed by atoms with Crippen molar-refractivity contribution < 1.29 is 9.53 Å². The van der Waals surface area contributed by atoms with Gasteiger partial charge in [0, 0.05) is 4.88 Å². The summed E-state index contributed by atoms with van der Waals surface area (Å²) in [4.78, 5) is 13.6. The van der Waals surface area contributed by atoms with Crippen molar-refractivity contribution in [3.05, 3.63) is 21.4 Å². The average molecular weight is 252 g/mol. The Morgan fingerprint density at radius 3 is 2.76 bits per heavy atom. The van der Waals surface area contributed by atoms with Crippen molar-refractivity contribution in [3.8, 4) is 0 Å². The lowest BCUT2D eigenvalue weighted by Crippen LogP contribution is -2.26. The van der Waals surface area contributed by atoms with Crippen LogP contribution in [0, 0.1) is 11.3 Å². The Hall–Kier alpha value is -0.830. The Morgan fingerprint density at radius 1 is 1.47 bits per heavy atom. The first-order valence-electron chi connectivity index (χ1n) is 6.11. The molecule has 0 saturated heterocycles. The maximum Gasteiger partial charge on any atom is 0.348 e. The zero-order valence-electron chi connectivity index (χ0n) is 11.0. The van der Waals surface area contributed by atoms with E-state index in [1.54, 1.807) is 11.3 Å². The third-order valence-corrected chi connectivity index (χ3v) is 4.91. The molecule has 0 fully saturated rings. The monoisotopic (exact) mass is 252 g/mol. The molecule has 17 heavy (non-hydrogen) atoms. The second-order valence-electron chi connectivity index (χ2n) is 5.86. The van der Waals surface area contributed by atoms with E-state index in [0.717, 1.165) is 23.6 Å². The van der Waals surface area contributed by atoms with Gasteiger partial charge in [0.05, 0.1) is 7.11 Å². The fraction of sp³-hybridized carbons (Fsp3) is 0.643. The van der Waals surface area contributed by atoms with Crippen molar-refractivity contribution in [2.24, 2.45) is 11.3 Å². The van der Waals surface area contributed by atoms with Gasteiger partial charge in [-0.25, -0.2) is 4.79 Å². The zero-order chi connectivity index (χ0) is 12.6. The third kappa shape index (κ3) is 2.54. The molecule has 0 amide bonds. The van der Waals surface area contributed by atoms with Crippen molar-refractivity contribution in [2.45, 2.75) is 40.0 Å². The van der Waals surface area contributed by atoms with Gasteiger partial charge in [0.15, 0.2) is 0 Å². The van der Waals surface area contributed by atoms with Gasteiger partial charge in [-0.3, -0.25) is 0 Å². The van der Waals surface area contributed by atoms with Crippen LogP contribution >= 0.6 is 11.3 Å². The Labute approximate surface area is 107 Å². The molecule has 1 atom stereocenters. The molecule has 3 heteroatoms. The predicted octanol–water partition coefficient (Wildman–Crippen LogP) is 3.69. The fourth-order valence-electron chi connectivity index (χ4n) is 2.46. The van der Waals surface area contributed by atoms with E-state index >= 15 is 0 Å². The minimum absolute atomic E-state index is 0.197. The third-order valence-electron chi connectivity index (χ3n) is 3.69. The average Bonchev–Trinajstić information content (AvgIpc) is 2.69. The number of ether oxygens (including phenoxy) is 1. The van der Waals surface area contributed by atoms with Gasteiger partial charge in [-0.05, 0) is 42.2 Å². The topological polar surface area (TPSA) is 26.3 Å². The maximum absolute atomic E-state index is 11.5. The molecular weight excluding hydrogens is 232 g/mol. The second kappa shape index (κ2) is 4.45. The van der Waals surface area contributed by atoms with Crippen molar-refractivity contribution in [3.63, 3.8) is 0 Å². The molecule has 0 aliphatic heterocycles. The first kappa shape index (κ1) is 12.6. The summed E-state index contributed by atoms with van der Waals surface area (Å²) in [5, 5.41) is 0. The lowest BCUT2D eigenvalue weighted by atomic mass is 9.72. The van der Waals surface area contributed by atoms with Crippen LogP contribution < -0.4 is 0 Å². The number of hydrogen-bond donors (Lipinski definition) is 0. The van der Waals surface area contributed by atoms with Crippen LogP contribution in [0.2, 0.25) is 0 Å². The number of fused-ring (bicyclic) bond motifs is 1. The van der Waals surface area contributed by atoms with Crippen LogP contribution in [-0.4, -0.2) is 13.1 Å². The number of carbonyl (C=O) groups is 1. The van der Waals surface area contributed by atoms with Gasteiger partial charge in [0.25, 0.3) is 0 Å². The summed E-state index contributed by atoms with van der Waals surface area (Å²) in [5.74, 6) is 0.520. The van der Waals surface area contributed by atoms with Gasteiger partial charge in [-0.1, -0.05) is 20.8 Å². The fourth-order valence-corrected chi connectivity index (χ4v) is 3.59. The minimum Gasteiger partial charge on any atom is -0.465 e. The van der Waals surface area contributed by atoms with E-state index < -0.39 is 0 Å². The van der Waals surface area contributed by atoms with Gasteiger partial charge in [0.1, 0.15) is 4.88 Å². The Balaban J connectivity index is 2.21. The van der Waals surface area contributed by atoms with Crippen molar-refractivity contribution >= 4 is 17.3 Å². The summed E-state index contributed by atoms with van der Waals surface area (Å²) in [6.45, 7) is 6.91. The van der Waals surface area contributed by atoms with E-state index in [1.165, 1.54) is 24.0 Å². The van der Waals surface area contributed by atoms with Gasteiger partial charge in [0.2, 0.25) is 0 Å². The Morgan fingerprint density at radius 2 is 2.18 bits per heavy atom. The van der Waals surface area contributed by atoms with Crippen LogP contribution in [0.5, 0.6) is 0 Å². The van der Waals surface area contributed by atoms with Crippen LogP contribution in [0.15, 0.2) is 6.07 Å². The SMILES string of the molecule is COC(=O)c1cc2c(s1)CCC(C(C)(C)C)C2. The Bertz CT molecular complexity index is 426. The summed E-state index contributed by atoms with van der Waals surface area (Å²) in [5.41, 5.74) is 1.71. The number of carbonyl (C=O) groups excluding carboxylic acids is 1. The van der Waals surface area contributed by atoms with E-state index in [1.807, 2.05) is 6.07 Å². The molecule has 0 radical (unpaired) electrons. The highest BCUT2D eigenvalue weighted by molar-refractivity contribution is 7.14. The summed E-state index contributed by atoms with van der Waals surface area (Å²) in [7, 11) is 1.44. The van der Waals surface area contributed by atoms with E-state index in [2.05, 4.69) is 20.8 Å². The molecule has 0 N–H and O–H groups in total. The maximum atomic E-state index is 11.5. The summed E-state index contributed by atoms with van der Waals surface area (Å²) in [6, 6.07) is 2.03. The predicted molar refractivity (Wildman–Crippen MR) is 70.6 cm³/mol. The lowest BCUT2D eigenvalue weighted by molar-refractivity contribution is 0.0606. The van der Waals surface area contributed by atoms with Crippen molar-refractivity contribution in [1.82, 2.24) is 0 Å². The van der Waals surface area contributed by atoms with Gasteiger partial charge < -0.3 is 4.74 Å². The number of thiophene rings is 1. The molecule has 0 spiro atoms. The molecule has 1 aliphatic rings. The van der Waals surface area contributed by atoms with E-state index in [-0.39, 0.29) is 5.97 Å². The van der Waals surface area contributed by atoms with Crippen LogP contribution in [0.4, 0.5) is 0 Å². The summed E-state index contributed by atoms with van der Waals surface area (Å²) in [6.07, 6.45) is 3.45. The van der Waals surface area contributed by atoms with Crippen molar-refractivity contribution in [2.75, 3.05) is 7.11 Å². The number of rotatable bonds is 1. The molecular formula is C14H20O2S. The van der Waals surface area contributed by atoms with Gasteiger partial charge in [-0.15, -0.1) is 11.3 Å². The summed E-state index contributed by atoms with van der Waals surface area (Å²) < 4.78 is 4.78. The number of hydrogen-bond acceptors (Lipinski definition) is 3. The highest BCUT2D eigenvalue weighted by Crippen LogP contribution is 2.40. The van der Waals surface area contributed by atoms with E-state index in [4.69, 9.17) is 4.74 Å². The molecule has 94 valence electrons. The normalized spacial score (nSPS) is 19.9. The van der Waals surface area contributed by atoms with E-state index in [9.17, 15) is 4.79 Å². The highest BCUT2D eigenvalue weighted by atomic mass is 32.1. The van der Waals surface area contributed by atoms with Gasteiger partial charge >= 0.3 is 5.97 Å².